The second-order valence-corrected chi connectivity index (χ2v) is 6.19. The second kappa shape index (κ2) is 5.44. The fourth-order valence-electron chi connectivity index (χ4n) is 3.43. The third kappa shape index (κ3) is 2.21. The number of fused-ring (bicyclic) bond motifs is 1. The highest BCUT2D eigenvalue weighted by atomic mass is 19.1. The van der Waals surface area contributed by atoms with E-state index in [1.807, 2.05) is 0 Å². The van der Waals surface area contributed by atoms with Crippen molar-refractivity contribution in [2.75, 3.05) is 12.8 Å². The lowest BCUT2D eigenvalue weighted by molar-refractivity contribution is -0.137. The molecule has 4 rings (SSSR count). The van der Waals surface area contributed by atoms with Gasteiger partial charge in [0.15, 0.2) is 0 Å². The molecule has 2 N–H and O–H groups in total. The highest BCUT2D eigenvalue weighted by Crippen LogP contribution is 2.37. The summed E-state index contributed by atoms with van der Waals surface area (Å²) < 4.78 is 16.3. The molecule has 1 atom stereocenters. The lowest BCUT2D eigenvalue weighted by atomic mass is 10.0. The number of imide groups is 1. The molecule has 3 aromatic rings. The fraction of sp³-hybridized carbons (Fsp3) is 0.158. The summed E-state index contributed by atoms with van der Waals surface area (Å²) in [4.78, 5) is 25.6. The molecule has 126 valence electrons. The molecule has 0 radical (unpaired) electrons. The Morgan fingerprint density at radius 2 is 1.88 bits per heavy atom. The first-order valence-corrected chi connectivity index (χ1v) is 7.94. The Kier molecular flexibility index (Phi) is 3.35. The van der Waals surface area contributed by atoms with E-state index in [9.17, 15) is 14.0 Å². The fourth-order valence-corrected chi connectivity index (χ4v) is 3.43. The van der Waals surface area contributed by atoms with E-state index in [2.05, 4.69) is 0 Å². The summed E-state index contributed by atoms with van der Waals surface area (Å²) in [5.74, 6) is -1.58. The molecular weight excluding hydrogens is 321 g/mol. The van der Waals surface area contributed by atoms with Gasteiger partial charge in [0.2, 0.25) is 11.8 Å². The zero-order valence-electron chi connectivity index (χ0n) is 13.6. The number of nitrogen functional groups attached to an aromatic ring is 1. The van der Waals surface area contributed by atoms with Crippen molar-refractivity contribution in [3.63, 3.8) is 0 Å². The maximum absolute atomic E-state index is 14.6. The number of likely N-dealkylation sites (N-methyl/N-ethyl adjacent to an activating group) is 1. The van der Waals surface area contributed by atoms with E-state index in [1.165, 1.54) is 13.1 Å². The van der Waals surface area contributed by atoms with Crippen LogP contribution in [0.3, 0.4) is 0 Å². The van der Waals surface area contributed by atoms with Crippen molar-refractivity contribution in [2.24, 2.45) is 0 Å². The quantitative estimate of drug-likeness (QED) is 0.577. The Morgan fingerprint density at radius 1 is 1.12 bits per heavy atom. The Labute approximate surface area is 143 Å². The van der Waals surface area contributed by atoms with E-state index in [0.29, 0.717) is 28.0 Å². The first-order chi connectivity index (χ1) is 12.0. The number of hydrogen-bond donors (Lipinski definition) is 1. The van der Waals surface area contributed by atoms with Gasteiger partial charge in [-0.25, -0.2) is 4.39 Å². The summed E-state index contributed by atoms with van der Waals surface area (Å²) in [6.45, 7) is 0. The van der Waals surface area contributed by atoms with Crippen LogP contribution in [0.25, 0.3) is 16.6 Å². The molecule has 1 saturated heterocycles. The van der Waals surface area contributed by atoms with Gasteiger partial charge in [-0.15, -0.1) is 0 Å². The number of para-hydroxylation sites is 3. The van der Waals surface area contributed by atoms with E-state index >= 15 is 0 Å². The Hall–Kier alpha value is -3.15. The van der Waals surface area contributed by atoms with Crippen molar-refractivity contribution in [2.45, 2.75) is 12.3 Å². The highest BCUT2D eigenvalue weighted by molar-refractivity contribution is 6.06. The number of nitrogens with zero attached hydrogens (tertiary/aromatic N) is 2. The predicted molar refractivity (Wildman–Crippen MR) is 92.8 cm³/mol. The minimum absolute atomic E-state index is 0.0695. The van der Waals surface area contributed by atoms with Gasteiger partial charge in [-0.2, -0.15) is 0 Å². The molecule has 2 amide bonds. The summed E-state index contributed by atoms with van der Waals surface area (Å²) in [6, 6.07) is 13.6. The average Bonchev–Trinajstić information content (AvgIpc) is 3.09. The van der Waals surface area contributed by atoms with Gasteiger partial charge in [0, 0.05) is 24.5 Å². The van der Waals surface area contributed by atoms with Crippen LogP contribution < -0.4 is 5.73 Å². The summed E-state index contributed by atoms with van der Waals surface area (Å²) in [5.41, 5.74) is 8.08. The number of hydrogen-bond acceptors (Lipinski definition) is 3. The van der Waals surface area contributed by atoms with Crippen molar-refractivity contribution in [3.8, 4) is 5.69 Å². The number of likely N-dealkylation sites (tertiary alicyclic amines) is 1. The average molecular weight is 337 g/mol. The molecule has 6 heteroatoms. The van der Waals surface area contributed by atoms with Gasteiger partial charge in [-0.3, -0.25) is 14.5 Å². The summed E-state index contributed by atoms with van der Waals surface area (Å²) >= 11 is 0. The smallest absolute Gasteiger partial charge is 0.238 e. The number of halogens is 1. The van der Waals surface area contributed by atoms with Crippen molar-refractivity contribution >= 4 is 28.4 Å². The van der Waals surface area contributed by atoms with E-state index in [0.717, 1.165) is 4.90 Å². The minimum atomic E-state index is -0.649. The lowest BCUT2D eigenvalue weighted by Gasteiger charge is -2.16. The van der Waals surface area contributed by atoms with Gasteiger partial charge in [-0.05, 0) is 24.3 Å². The molecule has 0 bridgehead atoms. The SMILES string of the molecule is CN1C(=O)CC(c2cc3cccc(F)c3n2-c2ccccc2N)C1=O. The number of rotatable bonds is 2. The van der Waals surface area contributed by atoms with E-state index in [4.69, 9.17) is 5.73 Å². The molecule has 1 aliphatic heterocycles. The standard InChI is InChI=1S/C19H16FN3O2/c1-22-17(24)10-12(19(22)25)16-9-11-5-4-6-13(20)18(11)23(16)15-8-3-2-7-14(15)21/h2-9,12H,10,21H2,1H3. The number of anilines is 1. The highest BCUT2D eigenvalue weighted by Gasteiger charge is 2.39. The van der Waals surface area contributed by atoms with Crippen molar-refractivity contribution in [3.05, 3.63) is 60.0 Å². The minimum Gasteiger partial charge on any atom is -0.397 e. The monoisotopic (exact) mass is 337 g/mol. The van der Waals surface area contributed by atoms with Crippen molar-refractivity contribution in [1.29, 1.82) is 0 Å². The molecule has 2 heterocycles. The van der Waals surface area contributed by atoms with Gasteiger partial charge >= 0.3 is 0 Å². The Balaban J connectivity index is 2.04. The first kappa shape index (κ1) is 15.4. The van der Waals surface area contributed by atoms with Crippen molar-refractivity contribution < 1.29 is 14.0 Å². The van der Waals surface area contributed by atoms with Crippen LogP contribution >= 0.6 is 0 Å². The van der Waals surface area contributed by atoms with Gasteiger partial charge in [-0.1, -0.05) is 24.3 Å². The Bertz CT molecular complexity index is 1020. The molecule has 25 heavy (non-hydrogen) atoms. The Morgan fingerprint density at radius 3 is 2.56 bits per heavy atom. The largest absolute Gasteiger partial charge is 0.397 e. The van der Waals surface area contributed by atoms with Gasteiger partial charge in [0.05, 0.1) is 22.8 Å². The number of amides is 2. The van der Waals surface area contributed by atoms with Crippen LogP contribution in [0.4, 0.5) is 10.1 Å². The normalized spacial score (nSPS) is 17.7. The van der Waals surface area contributed by atoms with Crippen LogP contribution in [0.15, 0.2) is 48.5 Å². The molecule has 1 fully saturated rings. The summed E-state index contributed by atoms with van der Waals surface area (Å²) in [6.07, 6.45) is 0.0695. The van der Waals surface area contributed by atoms with Crippen molar-refractivity contribution in [1.82, 2.24) is 9.47 Å². The predicted octanol–water partition coefficient (Wildman–Crippen LogP) is 2.82. The lowest BCUT2D eigenvalue weighted by Crippen LogP contribution is -2.25. The molecule has 1 aromatic heterocycles. The number of nitrogens with two attached hydrogens (primary N) is 1. The van der Waals surface area contributed by atoms with Crippen LogP contribution in [-0.2, 0) is 9.59 Å². The maximum Gasteiger partial charge on any atom is 0.238 e. The van der Waals surface area contributed by atoms with Crippen LogP contribution in [0.1, 0.15) is 18.0 Å². The third-order valence-electron chi connectivity index (χ3n) is 4.72. The third-order valence-corrected chi connectivity index (χ3v) is 4.72. The van der Waals surface area contributed by atoms with Crippen LogP contribution in [0.2, 0.25) is 0 Å². The zero-order valence-corrected chi connectivity index (χ0v) is 13.6. The molecular formula is C19H16FN3O2. The summed E-state index contributed by atoms with van der Waals surface area (Å²) in [7, 11) is 1.47. The number of carbonyl (C=O) groups excluding carboxylic acids is 2. The summed E-state index contributed by atoms with van der Waals surface area (Å²) in [5, 5.41) is 0.660. The molecule has 2 aromatic carbocycles. The van der Waals surface area contributed by atoms with Gasteiger partial charge in [0.25, 0.3) is 0 Å². The molecule has 5 nitrogen and oxygen atoms in total. The number of carbonyl (C=O) groups is 2. The van der Waals surface area contributed by atoms with Crippen LogP contribution in [-0.4, -0.2) is 28.3 Å². The van der Waals surface area contributed by atoms with Gasteiger partial charge < -0.3 is 10.3 Å². The number of aromatic nitrogens is 1. The molecule has 1 aliphatic rings. The van der Waals surface area contributed by atoms with Crippen LogP contribution in [0, 0.1) is 5.82 Å². The van der Waals surface area contributed by atoms with Crippen LogP contribution in [0.5, 0.6) is 0 Å². The molecule has 0 aliphatic carbocycles. The van der Waals surface area contributed by atoms with E-state index in [-0.39, 0.29) is 18.2 Å². The first-order valence-electron chi connectivity index (χ1n) is 7.94. The molecule has 0 spiro atoms. The second-order valence-electron chi connectivity index (χ2n) is 6.19. The van der Waals surface area contributed by atoms with E-state index < -0.39 is 11.7 Å². The van der Waals surface area contributed by atoms with Gasteiger partial charge in [0.1, 0.15) is 5.82 Å². The number of benzene rings is 2. The molecule has 1 unspecified atom stereocenters. The zero-order chi connectivity index (χ0) is 17.7. The topological polar surface area (TPSA) is 68.3 Å². The van der Waals surface area contributed by atoms with E-state index in [1.54, 1.807) is 47.0 Å². The maximum atomic E-state index is 14.6. The molecule has 0 saturated carbocycles.